The first-order chi connectivity index (χ1) is 17.6. The first kappa shape index (κ1) is 22.8. The predicted molar refractivity (Wildman–Crippen MR) is 141 cm³/mol. The molecule has 184 valence electrons. The van der Waals surface area contributed by atoms with Gasteiger partial charge in [0.25, 0.3) is 0 Å². The van der Waals surface area contributed by atoms with Gasteiger partial charge >= 0.3 is 5.97 Å². The second kappa shape index (κ2) is 9.12. The zero-order chi connectivity index (χ0) is 24.7. The van der Waals surface area contributed by atoms with Crippen LogP contribution in [0.15, 0.2) is 78.9 Å². The van der Waals surface area contributed by atoms with E-state index in [1.807, 2.05) is 30.3 Å². The molecule has 36 heavy (non-hydrogen) atoms. The number of aromatic amines is 1. The number of fused-ring (bicyclic) bond motifs is 3. The SMILES string of the molecule is CC1(c2ccc(N3CCOCC3)cc2)c2[nH]c3ccccc3c2C[C@H](C(=O)O)N1Cc1ccccc1. The Hall–Kier alpha value is -3.61. The number of aromatic nitrogens is 1. The van der Waals surface area contributed by atoms with Crippen LogP contribution in [-0.4, -0.2) is 53.3 Å². The minimum Gasteiger partial charge on any atom is -0.480 e. The summed E-state index contributed by atoms with van der Waals surface area (Å²) in [5.74, 6) is -0.793. The number of carboxylic acids is 1. The summed E-state index contributed by atoms with van der Waals surface area (Å²) < 4.78 is 5.52. The molecule has 1 fully saturated rings. The van der Waals surface area contributed by atoms with Crippen LogP contribution < -0.4 is 4.90 Å². The number of ether oxygens (including phenoxy) is 1. The summed E-state index contributed by atoms with van der Waals surface area (Å²) in [4.78, 5) is 20.9. The molecule has 3 aromatic carbocycles. The number of carbonyl (C=O) groups is 1. The number of hydrogen-bond acceptors (Lipinski definition) is 4. The van der Waals surface area contributed by atoms with Gasteiger partial charge in [-0.25, -0.2) is 0 Å². The maximum atomic E-state index is 12.7. The molecular formula is C30H31N3O3. The molecule has 2 atom stereocenters. The van der Waals surface area contributed by atoms with Gasteiger partial charge in [-0.2, -0.15) is 0 Å². The molecule has 0 aliphatic carbocycles. The largest absolute Gasteiger partial charge is 0.480 e. The van der Waals surface area contributed by atoms with Crippen molar-refractivity contribution in [2.45, 2.75) is 31.5 Å². The molecule has 1 aromatic heterocycles. The minimum atomic E-state index is -0.793. The Bertz CT molecular complexity index is 1380. The lowest BCUT2D eigenvalue weighted by Gasteiger charge is -2.48. The molecule has 4 aromatic rings. The Labute approximate surface area is 211 Å². The fraction of sp³-hybridized carbons (Fsp3) is 0.300. The van der Waals surface area contributed by atoms with Gasteiger partial charge in [-0.3, -0.25) is 9.69 Å². The van der Waals surface area contributed by atoms with Crippen molar-refractivity contribution in [3.63, 3.8) is 0 Å². The molecule has 3 heterocycles. The highest BCUT2D eigenvalue weighted by Gasteiger charge is 2.48. The van der Waals surface area contributed by atoms with Crippen molar-refractivity contribution >= 4 is 22.6 Å². The lowest BCUT2D eigenvalue weighted by atomic mass is 9.77. The quantitative estimate of drug-likeness (QED) is 0.429. The Morgan fingerprint density at radius 2 is 1.69 bits per heavy atom. The van der Waals surface area contributed by atoms with Crippen molar-refractivity contribution < 1.29 is 14.6 Å². The Balaban J connectivity index is 1.51. The number of para-hydroxylation sites is 1. The van der Waals surface area contributed by atoms with Crippen LogP contribution in [-0.2, 0) is 28.0 Å². The van der Waals surface area contributed by atoms with Crippen molar-refractivity contribution in [1.29, 1.82) is 0 Å². The number of anilines is 1. The highest BCUT2D eigenvalue weighted by Crippen LogP contribution is 2.46. The van der Waals surface area contributed by atoms with Gasteiger partial charge in [-0.15, -0.1) is 0 Å². The van der Waals surface area contributed by atoms with Crippen LogP contribution in [0.5, 0.6) is 0 Å². The maximum Gasteiger partial charge on any atom is 0.321 e. The summed E-state index contributed by atoms with van der Waals surface area (Å²) in [6, 6.07) is 26.4. The number of H-pyrrole nitrogens is 1. The van der Waals surface area contributed by atoms with Crippen molar-refractivity contribution in [3.8, 4) is 0 Å². The van der Waals surface area contributed by atoms with E-state index in [0.29, 0.717) is 13.0 Å². The van der Waals surface area contributed by atoms with Crippen LogP contribution in [0.1, 0.15) is 29.3 Å². The standard InChI is InChI=1S/C30H31N3O3/c1-30(22-11-13-23(14-12-22)32-15-17-36-18-16-32)28-25(24-9-5-6-10-26(24)31-28)19-27(29(34)35)33(30)20-21-7-3-2-4-8-21/h2-14,27,31H,15-20H2,1H3,(H,34,35)/t27-,30?/m1/s1. The van der Waals surface area contributed by atoms with E-state index < -0.39 is 17.6 Å². The van der Waals surface area contributed by atoms with Crippen molar-refractivity contribution in [2.24, 2.45) is 0 Å². The number of hydrogen-bond donors (Lipinski definition) is 2. The highest BCUT2D eigenvalue weighted by atomic mass is 16.5. The third kappa shape index (κ3) is 3.77. The van der Waals surface area contributed by atoms with Crippen molar-refractivity contribution in [1.82, 2.24) is 9.88 Å². The van der Waals surface area contributed by atoms with Gasteiger partial charge in [0.15, 0.2) is 0 Å². The van der Waals surface area contributed by atoms with Gasteiger partial charge in [-0.1, -0.05) is 60.7 Å². The Morgan fingerprint density at radius 3 is 2.42 bits per heavy atom. The number of nitrogens with one attached hydrogen (secondary N) is 1. The Morgan fingerprint density at radius 1 is 1.00 bits per heavy atom. The minimum absolute atomic E-state index is 0.461. The van der Waals surface area contributed by atoms with Gasteiger partial charge in [-0.05, 0) is 41.8 Å². The molecule has 6 heteroatoms. The highest BCUT2D eigenvalue weighted by molar-refractivity contribution is 5.87. The van der Waals surface area contributed by atoms with E-state index in [1.165, 1.54) is 5.69 Å². The molecule has 0 amide bonds. The maximum absolute atomic E-state index is 12.7. The molecule has 0 spiro atoms. The van der Waals surface area contributed by atoms with E-state index in [1.54, 1.807) is 0 Å². The average Bonchev–Trinajstić information content (AvgIpc) is 3.31. The van der Waals surface area contributed by atoms with Gasteiger partial charge in [0, 0.05) is 48.3 Å². The zero-order valence-corrected chi connectivity index (χ0v) is 20.5. The summed E-state index contributed by atoms with van der Waals surface area (Å²) in [5, 5.41) is 11.6. The summed E-state index contributed by atoms with van der Waals surface area (Å²) in [7, 11) is 0. The van der Waals surface area contributed by atoms with Gasteiger partial charge in [0.2, 0.25) is 0 Å². The smallest absolute Gasteiger partial charge is 0.321 e. The molecule has 2 aliphatic rings. The van der Waals surface area contributed by atoms with E-state index in [2.05, 4.69) is 70.2 Å². The number of rotatable bonds is 5. The van der Waals surface area contributed by atoms with Gasteiger partial charge in [0.1, 0.15) is 6.04 Å². The van der Waals surface area contributed by atoms with E-state index >= 15 is 0 Å². The summed E-state index contributed by atoms with van der Waals surface area (Å²) in [5.41, 5.74) is 5.91. The third-order valence-corrected chi connectivity index (χ3v) is 7.94. The molecule has 2 N–H and O–H groups in total. The molecule has 0 bridgehead atoms. The lowest BCUT2D eigenvalue weighted by molar-refractivity contribution is -0.146. The van der Waals surface area contributed by atoms with Crippen LogP contribution in [0.2, 0.25) is 0 Å². The molecule has 1 saturated heterocycles. The monoisotopic (exact) mass is 481 g/mol. The van der Waals surface area contributed by atoms with Gasteiger partial charge in [0.05, 0.1) is 18.8 Å². The average molecular weight is 482 g/mol. The van der Waals surface area contributed by atoms with E-state index in [9.17, 15) is 9.90 Å². The topological polar surface area (TPSA) is 68.8 Å². The fourth-order valence-electron chi connectivity index (χ4n) is 5.98. The molecule has 0 radical (unpaired) electrons. The van der Waals surface area contributed by atoms with Crippen LogP contribution >= 0.6 is 0 Å². The predicted octanol–water partition coefficient (Wildman–Crippen LogP) is 4.78. The second-order valence-electron chi connectivity index (χ2n) is 9.91. The van der Waals surface area contributed by atoms with Crippen LogP contribution in [0.4, 0.5) is 5.69 Å². The molecule has 6 nitrogen and oxygen atoms in total. The number of carboxylic acid groups (broad SMARTS) is 1. The zero-order valence-electron chi connectivity index (χ0n) is 20.5. The Kier molecular flexibility index (Phi) is 5.78. The van der Waals surface area contributed by atoms with Crippen molar-refractivity contribution in [3.05, 3.63) is 101 Å². The summed E-state index contributed by atoms with van der Waals surface area (Å²) in [6.45, 7) is 5.94. The third-order valence-electron chi connectivity index (χ3n) is 7.94. The molecule has 0 saturated carbocycles. The van der Waals surface area contributed by atoms with E-state index in [4.69, 9.17) is 4.74 Å². The van der Waals surface area contributed by atoms with Crippen molar-refractivity contribution in [2.75, 3.05) is 31.2 Å². The number of morpholine rings is 1. The number of aliphatic carboxylic acids is 1. The molecule has 1 unspecified atom stereocenters. The lowest BCUT2D eigenvalue weighted by Crippen LogP contribution is -2.57. The molecule has 6 rings (SSSR count). The first-order valence-corrected chi connectivity index (χ1v) is 12.6. The second-order valence-corrected chi connectivity index (χ2v) is 9.91. The van der Waals surface area contributed by atoms with E-state index in [0.717, 1.165) is 59.6 Å². The van der Waals surface area contributed by atoms with Gasteiger partial charge < -0.3 is 19.7 Å². The van der Waals surface area contributed by atoms with Crippen LogP contribution in [0, 0.1) is 0 Å². The summed E-state index contributed by atoms with van der Waals surface area (Å²) in [6.07, 6.45) is 0.461. The van der Waals surface area contributed by atoms with Crippen LogP contribution in [0.25, 0.3) is 10.9 Å². The normalized spacial score (nSPS) is 22.5. The number of benzene rings is 3. The summed E-state index contributed by atoms with van der Waals surface area (Å²) >= 11 is 0. The molecule has 2 aliphatic heterocycles. The fourth-order valence-corrected chi connectivity index (χ4v) is 5.98. The number of nitrogens with zero attached hydrogens (tertiary/aromatic N) is 2. The van der Waals surface area contributed by atoms with Crippen LogP contribution in [0.3, 0.4) is 0 Å². The first-order valence-electron chi connectivity index (χ1n) is 12.6. The molecular weight excluding hydrogens is 450 g/mol. The van der Waals surface area contributed by atoms with E-state index in [-0.39, 0.29) is 0 Å².